The van der Waals surface area contributed by atoms with Crippen LogP contribution in [-0.2, 0) is 14.6 Å². The topological polar surface area (TPSA) is 102 Å². The number of nitrogens with one attached hydrogen (secondary N) is 1. The largest absolute Gasteiger partial charge is 0.497 e. The second-order valence-corrected chi connectivity index (χ2v) is 8.35. The van der Waals surface area contributed by atoms with Crippen molar-refractivity contribution in [1.29, 1.82) is 0 Å². The Bertz CT molecular complexity index is 747. The van der Waals surface area contributed by atoms with Crippen LogP contribution in [0, 0.1) is 0 Å². The first-order valence-electron chi connectivity index (χ1n) is 8.25. The van der Waals surface area contributed by atoms with Crippen molar-refractivity contribution < 1.29 is 27.5 Å². The maximum atomic E-state index is 12.7. The fraction of sp³-hybridized carbons (Fsp3) is 0.529. The molecule has 0 atom stereocenters. The quantitative estimate of drug-likeness (QED) is 0.765. The summed E-state index contributed by atoms with van der Waals surface area (Å²) < 4.78 is 34.9. The number of piperidine rings is 1. The van der Waals surface area contributed by atoms with Gasteiger partial charge in [0.05, 0.1) is 19.5 Å². The highest BCUT2D eigenvalue weighted by molar-refractivity contribution is 7.92. The van der Waals surface area contributed by atoms with Crippen molar-refractivity contribution >= 4 is 21.7 Å². The van der Waals surface area contributed by atoms with E-state index in [9.17, 15) is 18.0 Å². The van der Waals surface area contributed by atoms with E-state index in [1.165, 1.54) is 21.3 Å². The highest BCUT2D eigenvalue weighted by atomic mass is 32.2. The summed E-state index contributed by atoms with van der Waals surface area (Å²) in [5.41, 5.74) is 0.424. The molecule has 1 fully saturated rings. The molecule has 0 radical (unpaired) electrons. The van der Waals surface area contributed by atoms with E-state index in [1.54, 1.807) is 23.1 Å². The Hall–Kier alpha value is -2.29. The molecule has 1 aromatic rings. The van der Waals surface area contributed by atoms with Gasteiger partial charge in [0.15, 0.2) is 9.84 Å². The standard InChI is InChI=1S/C17H24N2O6S/c1-18-16(20)11-26(22,23)15-4-6-19(7-5-15)17(21)12-8-13(24-2)10-14(9-12)25-3/h8-10,15H,4-7,11H2,1-3H3,(H,18,20). The molecule has 0 saturated carbocycles. The molecular weight excluding hydrogens is 360 g/mol. The van der Waals surface area contributed by atoms with Crippen molar-refractivity contribution in [2.75, 3.05) is 40.1 Å². The number of ether oxygens (including phenoxy) is 2. The van der Waals surface area contributed by atoms with E-state index >= 15 is 0 Å². The summed E-state index contributed by atoms with van der Waals surface area (Å²) in [5, 5.41) is 1.72. The van der Waals surface area contributed by atoms with Crippen LogP contribution in [0.25, 0.3) is 0 Å². The van der Waals surface area contributed by atoms with Crippen LogP contribution >= 0.6 is 0 Å². The monoisotopic (exact) mass is 384 g/mol. The van der Waals surface area contributed by atoms with Crippen molar-refractivity contribution in [2.24, 2.45) is 0 Å². The molecule has 1 aliphatic rings. The summed E-state index contributed by atoms with van der Waals surface area (Å²) in [4.78, 5) is 25.7. The van der Waals surface area contributed by atoms with Gasteiger partial charge in [-0.25, -0.2) is 8.42 Å². The number of rotatable bonds is 6. The molecule has 0 aromatic heterocycles. The zero-order chi connectivity index (χ0) is 19.3. The van der Waals surface area contributed by atoms with Crippen LogP contribution in [0.2, 0.25) is 0 Å². The van der Waals surface area contributed by atoms with Gasteiger partial charge in [0, 0.05) is 31.8 Å². The summed E-state index contributed by atoms with van der Waals surface area (Å²) in [5.74, 6) is -0.224. The van der Waals surface area contributed by atoms with Gasteiger partial charge in [0.2, 0.25) is 5.91 Å². The normalized spacial score (nSPS) is 15.4. The molecule has 1 saturated heterocycles. The summed E-state index contributed by atoms with van der Waals surface area (Å²) >= 11 is 0. The van der Waals surface area contributed by atoms with E-state index in [-0.39, 0.29) is 5.91 Å². The maximum absolute atomic E-state index is 12.7. The molecule has 2 rings (SSSR count). The summed E-state index contributed by atoms with van der Waals surface area (Å²) in [6.07, 6.45) is 0.623. The minimum Gasteiger partial charge on any atom is -0.497 e. The number of hydrogen-bond acceptors (Lipinski definition) is 6. The highest BCUT2D eigenvalue weighted by Gasteiger charge is 2.33. The van der Waals surface area contributed by atoms with Crippen molar-refractivity contribution in [1.82, 2.24) is 10.2 Å². The lowest BCUT2D eigenvalue weighted by molar-refractivity contribution is -0.118. The molecule has 1 aromatic carbocycles. The van der Waals surface area contributed by atoms with Gasteiger partial charge >= 0.3 is 0 Å². The minimum absolute atomic E-state index is 0.204. The summed E-state index contributed by atoms with van der Waals surface area (Å²) in [6.45, 7) is 0.631. The lowest BCUT2D eigenvalue weighted by Gasteiger charge is -2.31. The first kappa shape index (κ1) is 20.0. The number of amides is 2. The Morgan fingerprint density at radius 3 is 2.12 bits per heavy atom. The summed E-state index contributed by atoms with van der Waals surface area (Å²) in [6, 6.07) is 4.92. The lowest BCUT2D eigenvalue weighted by atomic mass is 10.1. The van der Waals surface area contributed by atoms with Gasteiger partial charge in [-0.3, -0.25) is 9.59 Å². The first-order chi connectivity index (χ1) is 12.3. The van der Waals surface area contributed by atoms with Gasteiger partial charge in [0.1, 0.15) is 17.3 Å². The van der Waals surface area contributed by atoms with Crippen LogP contribution in [0.4, 0.5) is 0 Å². The summed E-state index contributed by atoms with van der Waals surface area (Å²) in [7, 11) is 0.896. The first-order valence-corrected chi connectivity index (χ1v) is 9.96. The van der Waals surface area contributed by atoms with E-state index < -0.39 is 26.7 Å². The number of methoxy groups -OCH3 is 2. The molecule has 0 unspecified atom stereocenters. The highest BCUT2D eigenvalue weighted by Crippen LogP contribution is 2.25. The SMILES string of the molecule is CNC(=O)CS(=O)(=O)C1CCN(C(=O)c2cc(OC)cc(OC)c2)CC1. The zero-order valence-corrected chi connectivity index (χ0v) is 16.0. The smallest absolute Gasteiger partial charge is 0.254 e. The molecule has 1 aliphatic heterocycles. The Morgan fingerprint density at radius 1 is 1.12 bits per heavy atom. The molecule has 9 heteroatoms. The van der Waals surface area contributed by atoms with Crippen LogP contribution < -0.4 is 14.8 Å². The van der Waals surface area contributed by atoms with Crippen molar-refractivity contribution in [2.45, 2.75) is 18.1 Å². The molecule has 0 bridgehead atoms. The number of sulfone groups is 1. The van der Waals surface area contributed by atoms with Crippen LogP contribution in [0.1, 0.15) is 23.2 Å². The maximum Gasteiger partial charge on any atom is 0.254 e. The van der Waals surface area contributed by atoms with Crippen LogP contribution in [0.5, 0.6) is 11.5 Å². The molecule has 0 aliphatic carbocycles. The van der Waals surface area contributed by atoms with Crippen LogP contribution in [0.15, 0.2) is 18.2 Å². The molecule has 8 nitrogen and oxygen atoms in total. The Balaban J connectivity index is 2.06. The van der Waals surface area contributed by atoms with E-state index in [0.29, 0.717) is 43.0 Å². The number of likely N-dealkylation sites (tertiary alicyclic amines) is 1. The molecule has 2 amide bonds. The fourth-order valence-corrected chi connectivity index (χ4v) is 4.58. The number of hydrogen-bond donors (Lipinski definition) is 1. The van der Waals surface area contributed by atoms with E-state index in [2.05, 4.69) is 5.32 Å². The van der Waals surface area contributed by atoms with Crippen molar-refractivity contribution in [3.05, 3.63) is 23.8 Å². The van der Waals surface area contributed by atoms with Crippen molar-refractivity contribution in [3.63, 3.8) is 0 Å². The predicted octanol–water partition coefficient (Wildman–Crippen LogP) is 0.469. The Labute approximate surface area is 153 Å². The van der Waals surface area contributed by atoms with Gasteiger partial charge in [-0.15, -0.1) is 0 Å². The molecule has 26 heavy (non-hydrogen) atoms. The van der Waals surface area contributed by atoms with Gasteiger partial charge in [-0.1, -0.05) is 0 Å². The molecule has 144 valence electrons. The van der Waals surface area contributed by atoms with E-state index in [1.807, 2.05) is 0 Å². The average Bonchev–Trinajstić information content (AvgIpc) is 2.66. The molecule has 1 heterocycles. The fourth-order valence-electron chi connectivity index (χ4n) is 2.90. The van der Waals surface area contributed by atoms with E-state index in [0.717, 1.165) is 0 Å². The van der Waals surface area contributed by atoms with Crippen molar-refractivity contribution in [3.8, 4) is 11.5 Å². The van der Waals surface area contributed by atoms with Gasteiger partial charge in [-0.05, 0) is 25.0 Å². The van der Waals surface area contributed by atoms with Gasteiger partial charge in [-0.2, -0.15) is 0 Å². The van der Waals surface area contributed by atoms with Gasteiger partial charge < -0.3 is 19.7 Å². The zero-order valence-electron chi connectivity index (χ0n) is 15.1. The average molecular weight is 384 g/mol. The Kier molecular flexibility index (Phi) is 6.47. The lowest BCUT2D eigenvalue weighted by Crippen LogP contribution is -2.44. The molecular formula is C17H24N2O6S. The minimum atomic E-state index is -3.52. The third-order valence-corrected chi connectivity index (χ3v) is 6.60. The predicted molar refractivity (Wildman–Crippen MR) is 96.3 cm³/mol. The second kappa shape index (κ2) is 8.39. The Morgan fingerprint density at radius 2 is 1.65 bits per heavy atom. The van der Waals surface area contributed by atoms with E-state index in [4.69, 9.17) is 9.47 Å². The molecule has 0 spiro atoms. The number of carbonyl (C=O) groups excluding carboxylic acids is 2. The van der Waals surface area contributed by atoms with Crippen LogP contribution in [0.3, 0.4) is 0 Å². The number of benzene rings is 1. The van der Waals surface area contributed by atoms with Crippen LogP contribution in [-0.4, -0.2) is 70.5 Å². The third-order valence-electron chi connectivity index (χ3n) is 4.45. The third kappa shape index (κ3) is 4.66. The second-order valence-electron chi connectivity index (χ2n) is 6.07. The molecule has 1 N–H and O–H groups in total. The van der Waals surface area contributed by atoms with Gasteiger partial charge in [0.25, 0.3) is 5.91 Å². The number of carbonyl (C=O) groups is 2. The number of nitrogens with zero attached hydrogens (tertiary/aromatic N) is 1.